The zero-order valence-corrected chi connectivity index (χ0v) is 13.3. The minimum Gasteiger partial charge on any atom is -0.338 e. The number of halogens is 1. The van der Waals surface area contributed by atoms with Gasteiger partial charge < -0.3 is 10.6 Å². The highest BCUT2D eigenvalue weighted by Crippen LogP contribution is 2.18. The zero-order valence-electron chi connectivity index (χ0n) is 12.6. The van der Waals surface area contributed by atoms with Crippen molar-refractivity contribution in [3.8, 4) is 5.69 Å². The first kappa shape index (κ1) is 15.3. The molecule has 0 unspecified atom stereocenters. The molecule has 2 aromatic carbocycles. The number of nitrogens with one attached hydrogen (secondary N) is 2. The number of benzene rings is 2. The number of hydrogen-bond donors (Lipinski definition) is 2. The van der Waals surface area contributed by atoms with Crippen LogP contribution in [-0.2, 0) is 0 Å². The molecule has 2 amide bonds. The first-order valence-corrected chi connectivity index (χ1v) is 7.71. The summed E-state index contributed by atoms with van der Waals surface area (Å²) in [4.78, 5) is 13.2. The third kappa shape index (κ3) is 3.60. The van der Waals surface area contributed by atoms with Gasteiger partial charge in [0.2, 0.25) is 0 Å². The third-order valence-corrected chi connectivity index (χ3v) is 3.47. The molecule has 0 spiro atoms. The van der Waals surface area contributed by atoms with Crippen molar-refractivity contribution in [3.05, 3.63) is 47.5 Å². The topological polar surface area (TPSA) is 71.8 Å². The van der Waals surface area contributed by atoms with Gasteiger partial charge in [-0.15, -0.1) is 10.2 Å². The summed E-state index contributed by atoms with van der Waals surface area (Å²) in [5.74, 6) is 0. The molecule has 0 bridgehead atoms. The van der Waals surface area contributed by atoms with Crippen molar-refractivity contribution >= 4 is 34.4 Å². The minimum absolute atomic E-state index is 0.211. The molecule has 1 heterocycles. The fraction of sp³-hybridized carbons (Fsp3) is 0.188. The number of amides is 2. The molecule has 0 aliphatic carbocycles. The molecule has 6 nitrogen and oxygen atoms in total. The largest absolute Gasteiger partial charge is 0.338 e. The number of nitrogens with zero attached hydrogens (tertiary/aromatic N) is 3. The standard InChI is InChI=1S/C16H16ClN5O/c1-2-9-18-16(23)19-12-4-6-13(7-5-12)22-20-14-8-3-11(17)10-15(14)21-22/h3-8,10H,2,9H2,1H3,(H2,18,19,23). The van der Waals surface area contributed by atoms with Gasteiger partial charge in [0, 0.05) is 17.3 Å². The number of carbonyl (C=O) groups is 1. The minimum atomic E-state index is -0.211. The molecule has 0 atom stereocenters. The smallest absolute Gasteiger partial charge is 0.319 e. The van der Waals surface area contributed by atoms with Gasteiger partial charge in [0.25, 0.3) is 0 Å². The molecule has 7 heteroatoms. The van der Waals surface area contributed by atoms with Crippen LogP contribution in [0.5, 0.6) is 0 Å². The predicted octanol–water partition coefficient (Wildman–Crippen LogP) is 3.61. The molecule has 0 aliphatic heterocycles. The van der Waals surface area contributed by atoms with E-state index < -0.39 is 0 Å². The second-order valence-corrected chi connectivity index (χ2v) is 5.49. The van der Waals surface area contributed by atoms with Crippen LogP contribution in [0, 0.1) is 0 Å². The molecule has 3 rings (SSSR count). The van der Waals surface area contributed by atoms with Gasteiger partial charge in [-0.1, -0.05) is 18.5 Å². The number of hydrogen-bond acceptors (Lipinski definition) is 3. The van der Waals surface area contributed by atoms with Crippen LogP contribution in [0.15, 0.2) is 42.5 Å². The summed E-state index contributed by atoms with van der Waals surface area (Å²) in [6.45, 7) is 2.65. The van der Waals surface area contributed by atoms with Gasteiger partial charge in [0.1, 0.15) is 11.0 Å². The highest BCUT2D eigenvalue weighted by Gasteiger charge is 2.06. The SMILES string of the molecule is CCCNC(=O)Nc1ccc(-n2nc3ccc(Cl)cc3n2)cc1. The van der Waals surface area contributed by atoms with Crippen molar-refractivity contribution in [2.75, 3.05) is 11.9 Å². The van der Waals surface area contributed by atoms with Crippen LogP contribution in [0.3, 0.4) is 0 Å². The Morgan fingerprint density at radius 3 is 2.61 bits per heavy atom. The number of fused-ring (bicyclic) bond motifs is 1. The Hall–Kier alpha value is -2.60. The molecule has 0 saturated heterocycles. The third-order valence-electron chi connectivity index (χ3n) is 3.23. The second kappa shape index (κ2) is 6.66. The van der Waals surface area contributed by atoms with Gasteiger partial charge in [0.05, 0.1) is 5.69 Å². The molecule has 0 radical (unpaired) electrons. The maximum absolute atomic E-state index is 11.6. The number of rotatable bonds is 4. The summed E-state index contributed by atoms with van der Waals surface area (Å²) in [5.41, 5.74) is 3.02. The van der Waals surface area contributed by atoms with Gasteiger partial charge in [-0.25, -0.2) is 4.79 Å². The molecule has 0 fully saturated rings. The van der Waals surface area contributed by atoms with Gasteiger partial charge >= 0.3 is 6.03 Å². The van der Waals surface area contributed by atoms with Crippen molar-refractivity contribution in [3.63, 3.8) is 0 Å². The highest BCUT2D eigenvalue weighted by atomic mass is 35.5. The quantitative estimate of drug-likeness (QED) is 0.768. The predicted molar refractivity (Wildman–Crippen MR) is 91.2 cm³/mol. The van der Waals surface area contributed by atoms with E-state index in [0.717, 1.165) is 23.1 Å². The Morgan fingerprint density at radius 2 is 1.87 bits per heavy atom. The van der Waals surface area contributed by atoms with Crippen LogP contribution < -0.4 is 10.6 Å². The number of carbonyl (C=O) groups excluding carboxylic acids is 1. The average molecular weight is 330 g/mol. The van der Waals surface area contributed by atoms with E-state index in [4.69, 9.17) is 11.6 Å². The lowest BCUT2D eigenvalue weighted by Crippen LogP contribution is -2.29. The van der Waals surface area contributed by atoms with E-state index in [1.807, 2.05) is 37.3 Å². The summed E-state index contributed by atoms with van der Waals surface area (Å²) in [6, 6.07) is 12.5. The molecule has 0 aliphatic rings. The molecule has 23 heavy (non-hydrogen) atoms. The Balaban J connectivity index is 1.76. The Labute approximate surface area is 138 Å². The number of aromatic nitrogens is 3. The summed E-state index contributed by atoms with van der Waals surface area (Å²) in [7, 11) is 0. The Kier molecular flexibility index (Phi) is 4.43. The lowest BCUT2D eigenvalue weighted by atomic mass is 10.3. The summed E-state index contributed by atoms with van der Waals surface area (Å²) < 4.78 is 0. The van der Waals surface area contributed by atoms with E-state index in [1.165, 1.54) is 0 Å². The van der Waals surface area contributed by atoms with Crippen LogP contribution in [0.25, 0.3) is 16.7 Å². The van der Waals surface area contributed by atoms with Crippen molar-refractivity contribution in [2.24, 2.45) is 0 Å². The molecular weight excluding hydrogens is 314 g/mol. The first-order chi connectivity index (χ1) is 11.2. The van der Waals surface area contributed by atoms with E-state index in [1.54, 1.807) is 16.9 Å². The maximum Gasteiger partial charge on any atom is 0.319 e. The van der Waals surface area contributed by atoms with Gasteiger partial charge in [-0.2, -0.15) is 4.80 Å². The molecular formula is C16H16ClN5O. The lowest BCUT2D eigenvalue weighted by molar-refractivity contribution is 0.252. The van der Waals surface area contributed by atoms with E-state index >= 15 is 0 Å². The van der Waals surface area contributed by atoms with Gasteiger partial charge in [-0.05, 0) is 48.9 Å². The lowest BCUT2D eigenvalue weighted by Gasteiger charge is -2.07. The molecule has 1 aromatic heterocycles. The first-order valence-electron chi connectivity index (χ1n) is 7.33. The average Bonchev–Trinajstić information content (AvgIpc) is 2.96. The van der Waals surface area contributed by atoms with Gasteiger partial charge in [0.15, 0.2) is 0 Å². The van der Waals surface area contributed by atoms with Crippen molar-refractivity contribution in [1.82, 2.24) is 20.3 Å². The van der Waals surface area contributed by atoms with Crippen LogP contribution in [0.4, 0.5) is 10.5 Å². The fourth-order valence-electron chi connectivity index (χ4n) is 2.10. The second-order valence-electron chi connectivity index (χ2n) is 5.05. The van der Waals surface area contributed by atoms with E-state index in [-0.39, 0.29) is 6.03 Å². The summed E-state index contributed by atoms with van der Waals surface area (Å²) in [5, 5.41) is 15.0. The van der Waals surface area contributed by atoms with Crippen LogP contribution in [0.2, 0.25) is 5.02 Å². The van der Waals surface area contributed by atoms with Crippen molar-refractivity contribution < 1.29 is 4.79 Å². The molecule has 118 valence electrons. The Morgan fingerprint density at radius 1 is 1.13 bits per heavy atom. The number of urea groups is 1. The zero-order chi connectivity index (χ0) is 16.2. The highest BCUT2D eigenvalue weighted by molar-refractivity contribution is 6.31. The van der Waals surface area contributed by atoms with Crippen LogP contribution >= 0.6 is 11.6 Å². The van der Waals surface area contributed by atoms with Crippen molar-refractivity contribution in [2.45, 2.75) is 13.3 Å². The van der Waals surface area contributed by atoms with Crippen LogP contribution in [-0.4, -0.2) is 27.6 Å². The Bertz CT molecular complexity index is 828. The van der Waals surface area contributed by atoms with E-state index in [0.29, 0.717) is 17.3 Å². The maximum atomic E-state index is 11.6. The summed E-state index contributed by atoms with van der Waals surface area (Å²) in [6.07, 6.45) is 0.898. The summed E-state index contributed by atoms with van der Waals surface area (Å²) >= 11 is 5.96. The van der Waals surface area contributed by atoms with Crippen molar-refractivity contribution in [1.29, 1.82) is 0 Å². The number of anilines is 1. The monoisotopic (exact) mass is 329 g/mol. The molecule has 3 aromatic rings. The molecule has 2 N–H and O–H groups in total. The van der Waals surface area contributed by atoms with Gasteiger partial charge in [-0.3, -0.25) is 0 Å². The normalized spacial score (nSPS) is 10.7. The van der Waals surface area contributed by atoms with E-state index in [9.17, 15) is 4.79 Å². The fourth-order valence-corrected chi connectivity index (χ4v) is 2.26. The van der Waals surface area contributed by atoms with Crippen LogP contribution in [0.1, 0.15) is 13.3 Å². The van der Waals surface area contributed by atoms with E-state index in [2.05, 4.69) is 20.8 Å². The molecule has 0 saturated carbocycles.